The van der Waals surface area contributed by atoms with Crippen molar-refractivity contribution in [3.63, 3.8) is 0 Å². The van der Waals surface area contributed by atoms with Crippen LogP contribution in [-0.2, 0) is 0 Å². The summed E-state index contributed by atoms with van der Waals surface area (Å²) in [5.41, 5.74) is 0. The lowest BCUT2D eigenvalue weighted by atomic mass is 10.1. The minimum Gasteiger partial charge on any atom is -0.493 e. The second-order valence-electron chi connectivity index (χ2n) is 4.61. The summed E-state index contributed by atoms with van der Waals surface area (Å²) in [5, 5.41) is 8.67. The molecule has 0 fully saturated rings. The van der Waals surface area contributed by atoms with E-state index in [0.29, 0.717) is 5.92 Å². The molecule has 1 aromatic rings. The Kier molecular flexibility index (Phi) is 10.5. The van der Waals surface area contributed by atoms with E-state index in [0.717, 1.165) is 25.2 Å². The summed E-state index contributed by atoms with van der Waals surface area (Å²) in [6, 6.07) is 9.96. The third-order valence-corrected chi connectivity index (χ3v) is 2.92. The number of aliphatic hydroxyl groups excluding tert-OH is 1. The molecule has 18 heavy (non-hydrogen) atoms. The summed E-state index contributed by atoms with van der Waals surface area (Å²) in [6.45, 7) is 9.16. The SMILES string of the molecule is CCC(C)COc1ccccc1.CCC(O)CC. The molecule has 0 aromatic heterocycles. The highest BCUT2D eigenvalue weighted by Gasteiger charge is 1.98. The van der Waals surface area contributed by atoms with Crippen molar-refractivity contribution < 1.29 is 9.84 Å². The van der Waals surface area contributed by atoms with Crippen LogP contribution in [0.25, 0.3) is 0 Å². The van der Waals surface area contributed by atoms with E-state index in [1.807, 2.05) is 44.2 Å². The van der Waals surface area contributed by atoms with Crippen molar-refractivity contribution >= 4 is 0 Å². The van der Waals surface area contributed by atoms with Crippen LogP contribution >= 0.6 is 0 Å². The van der Waals surface area contributed by atoms with Crippen LogP contribution in [-0.4, -0.2) is 17.8 Å². The van der Waals surface area contributed by atoms with Gasteiger partial charge in [-0.05, 0) is 30.9 Å². The summed E-state index contributed by atoms with van der Waals surface area (Å²) in [4.78, 5) is 0. The second kappa shape index (κ2) is 11.1. The third kappa shape index (κ3) is 9.06. The van der Waals surface area contributed by atoms with Crippen LogP contribution in [0.2, 0.25) is 0 Å². The van der Waals surface area contributed by atoms with Crippen molar-refractivity contribution in [2.45, 2.75) is 53.1 Å². The van der Waals surface area contributed by atoms with Crippen LogP contribution in [0.5, 0.6) is 5.75 Å². The van der Waals surface area contributed by atoms with Gasteiger partial charge < -0.3 is 9.84 Å². The van der Waals surface area contributed by atoms with Gasteiger partial charge >= 0.3 is 0 Å². The minimum absolute atomic E-state index is 0.0648. The van der Waals surface area contributed by atoms with Crippen LogP contribution in [0.4, 0.5) is 0 Å². The highest BCUT2D eigenvalue weighted by atomic mass is 16.5. The summed E-state index contributed by atoms with van der Waals surface area (Å²) in [6.07, 6.45) is 2.88. The van der Waals surface area contributed by atoms with Crippen molar-refractivity contribution in [3.05, 3.63) is 30.3 Å². The highest BCUT2D eigenvalue weighted by molar-refractivity contribution is 5.20. The van der Waals surface area contributed by atoms with E-state index >= 15 is 0 Å². The van der Waals surface area contributed by atoms with Gasteiger partial charge in [0.2, 0.25) is 0 Å². The molecule has 0 saturated carbocycles. The van der Waals surface area contributed by atoms with E-state index in [4.69, 9.17) is 9.84 Å². The number of para-hydroxylation sites is 1. The van der Waals surface area contributed by atoms with Crippen LogP contribution in [0.15, 0.2) is 30.3 Å². The molecule has 1 N–H and O–H groups in total. The Hall–Kier alpha value is -1.02. The Labute approximate surface area is 112 Å². The predicted octanol–water partition coefficient (Wildman–Crippen LogP) is 4.28. The van der Waals surface area contributed by atoms with E-state index in [1.54, 1.807) is 0 Å². The first-order valence-electron chi connectivity index (χ1n) is 6.99. The van der Waals surface area contributed by atoms with E-state index < -0.39 is 0 Å². The van der Waals surface area contributed by atoms with E-state index in [1.165, 1.54) is 6.42 Å². The summed E-state index contributed by atoms with van der Waals surface area (Å²) >= 11 is 0. The Morgan fingerprint density at radius 3 is 1.94 bits per heavy atom. The molecule has 0 bridgehead atoms. The van der Waals surface area contributed by atoms with Gasteiger partial charge in [-0.15, -0.1) is 0 Å². The first-order chi connectivity index (χ1) is 8.63. The lowest BCUT2D eigenvalue weighted by Crippen LogP contribution is -2.06. The lowest BCUT2D eigenvalue weighted by Gasteiger charge is -2.10. The third-order valence-electron chi connectivity index (χ3n) is 2.92. The fourth-order valence-corrected chi connectivity index (χ4v) is 1.16. The molecule has 2 heteroatoms. The van der Waals surface area contributed by atoms with Gasteiger partial charge in [0.1, 0.15) is 5.75 Å². The molecule has 0 aliphatic heterocycles. The average Bonchev–Trinajstić information content (AvgIpc) is 2.45. The van der Waals surface area contributed by atoms with Gasteiger partial charge in [0.05, 0.1) is 12.7 Å². The molecule has 1 unspecified atom stereocenters. The zero-order valence-corrected chi connectivity index (χ0v) is 12.2. The smallest absolute Gasteiger partial charge is 0.119 e. The van der Waals surface area contributed by atoms with E-state index in [9.17, 15) is 0 Å². The number of ether oxygens (including phenoxy) is 1. The molecule has 2 nitrogen and oxygen atoms in total. The molecule has 0 aliphatic carbocycles. The maximum absolute atomic E-state index is 8.67. The topological polar surface area (TPSA) is 29.5 Å². The van der Waals surface area contributed by atoms with Gasteiger partial charge in [-0.3, -0.25) is 0 Å². The Balaban J connectivity index is 0.000000411. The number of hydrogen-bond donors (Lipinski definition) is 1. The van der Waals surface area contributed by atoms with Crippen LogP contribution in [0, 0.1) is 5.92 Å². The van der Waals surface area contributed by atoms with Crippen molar-refractivity contribution in [3.8, 4) is 5.75 Å². The van der Waals surface area contributed by atoms with E-state index in [2.05, 4.69) is 13.8 Å². The Morgan fingerprint density at radius 2 is 1.56 bits per heavy atom. The fourth-order valence-electron chi connectivity index (χ4n) is 1.16. The van der Waals surface area contributed by atoms with Crippen molar-refractivity contribution in [2.24, 2.45) is 5.92 Å². The zero-order valence-electron chi connectivity index (χ0n) is 12.2. The lowest BCUT2D eigenvalue weighted by molar-refractivity contribution is 0.166. The fraction of sp³-hybridized carbons (Fsp3) is 0.625. The highest BCUT2D eigenvalue weighted by Crippen LogP contribution is 2.10. The predicted molar refractivity (Wildman–Crippen MR) is 78.0 cm³/mol. The van der Waals surface area contributed by atoms with E-state index in [-0.39, 0.29) is 6.10 Å². The maximum atomic E-state index is 8.67. The number of rotatable bonds is 6. The molecular weight excluding hydrogens is 224 g/mol. The van der Waals surface area contributed by atoms with Gasteiger partial charge in [0.25, 0.3) is 0 Å². The number of benzene rings is 1. The molecule has 0 amide bonds. The normalized spacial score (nSPS) is 11.7. The first kappa shape index (κ1) is 17.0. The van der Waals surface area contributed by atoms with Gasteiger partial charge in [0.15, 0.2) is 0 Å². The van der Waals surface area contributed by atoms with Gasteiger partial charge in [-0.25, -0.2) is 0 Å². The van der Waals surface area contributed by atoms with Crippen molar-refractivity contribution in [2.75, 3.05) is 6.61 Å². The van der Waals surface area contributed by atoms with Crippen LogP contribution < -0.4 is 4.74 Å². The molecule has 0 heterocycles. The zero-order chi connectivity index (χ0) is 13.8. The van der Waals surface area contributed by atoms with Crippen LogP contribution in [0.3, 0.4) is 0 Å². The largest absolute Gasteiger partial charge is 0.493 e. The Bertz CT molecular complexity index is 268. The maximum Gasteiger partial charge on any atom is 0.119 e. The second-order valence-corrected chi connectivity index (χ2v) is 4.61. The molecule has 104 valence electrons. The van der Waals surface area contributed by atoms with Crippen LogP contribution in [0.1, 0.15) is 47.0 Å². The molecule has 0 radical (unpaired) electrons. The standard InChI is InChI=1S/C11H16O.C5H12O/c1-3-10(2)9-12-11-7-5-4-6-8-11;1-3-5(6)4-2/h4-8,10H,3,9H2,1-2H3;5-6H,3-4H2,1-2H3. The molecule has 0 aliphatic rings. The molecule has 0 spiro atoms. The molecular formula is C16H28O2. The quantitative estimate of drug-likeness (QED) is 0.819. The van der Waals surface area contributed by atoms with Gasteiger partial charge in [-0.2, -0.15) is 0 Å². The number of aliphatic hydroxyl groups is 1. The first-order valence-corrected chi connectivity index (χ1v) is 6.99. The molecule has 1 atom stereocenters. The monoisotopic (exact) mass is 252 g/mol. The molecule has 0 saturated heterocycles. The van der Waals surface area contributed by atoms with Gasteiger partial charge in [-0.1, -0.05) is 52.3 Å². The summed E-state index contributed by atoms with van der Waals surface area (Å²) < 4.78 is 5.56. The van der Waals surface area contributed by atoms with Crippen molar-refractivity contribution in [1.82, 2.24) is 0 Å². The number of hydrogen-bond acceptors (Lipinski definition) is 2. The summed E-state index contributed by atoms with van der Waals surface area (Å²) in [7, 11) is 0. The average molecular weight is 252 g/mol. The molecule has 1 rings (SSSR count). The molecule has 1 aromatic carbocycles. The van der Waals surface area contributed by atoms with Crippen molar-refractivity contribution in [1.29, 1.82) is 0 Å². The van der Waals surface area contributed by atoms with Gasteiger partial charge in [0, 0.05) is 0 Å². The minimum atomic E-state index is -0.0648. The Morgan fingerprint density at radius 1 is 1.00 bits per heavy atom. The summed E-state index contributed by atoms with van der Waals surface area (Å²) in [5.74, 6) is 1.61.